The number of anilines is 1. The van der Waals surface area contributed by atoms with E-state index >= 15 is 0 Å². The minimum Gasteiger partial charge on any atom is -0.366 e. The van der Waals surface area contributed by atoms with Crippen molar-refractivity contribution in [1.82, 2.24) is 0 Å². The molecule has 2 atom stereocenters. The number of hydrogen-bond donors (Lipinski definition) is 1. The maximum atomic E-state index is 5.90. The summed E-state index contributed by atoms with van der Waals surface area (Å²) in [6.07, 6.45) is 0. The zero-order valence-corrected chi connectivity index (χ0v) is 12.7. The Morgan fingerprint density at radius 1 is 1.53 bits per heavy atom. The number of benzene rings is 1. The van der Waals surface area contributed by atoms with E-state index in [-0.39, 0.29) is 6.04 Å². The molecule has 2 rings (SSSR count). The zero-order chi connectivity index (χ0) is 12.4. The largest absolute Gasteiger partial charge is 0.366 e. The maximum Gasteiger partial charge on any atom is 0.0513 e. The highest BCUT2D eigenvalue weighted by molar-refractivity contribution is 9.10. The molecule has 1 saturated heterocycles. The van der Waals surface area contributed by atoms with Crippen LogP contribution in [0.1, 0.15) is 25.5 Å². The van der Waals surface area contributed by atoms with E-state index < -0.39 is 0 Å². The zero-order valence-electron chi connectivity index (χ0n) is 10.3. The quantitative estimate of drug-likeness (QED) is 0.907. The van der Waals surface area contributed by atoms with Crippen LogP contribution in [0, 0.1) is 0 Å². The molecular formula is C13H19BrN2S. The Labute approximate surface area is 116 Å². The van der Waals surface area contributed by atoms with Crippen LogP contribution in [0.15, 0.2) is 22.7 Å². The molecule has 1 aromatic rings. The fourth-order valence-corrected chi connectivity index (χ4v) is 3.76. The van der Waals surface area contributed by atoms with E-state index in [1.54, 1.807) is 0 Å². The monoisotopic (exact) mass is 314 g/mol. The van der Waals surface area contributed by atoms with Crippen LogP contribution < -0.4 is 10.6 Å². The van der Waals surface area contributed by atoms with Crippen LogP contribution in [0.5, 0.6) is 0 Å². The predicted molar refractivity (Wildman–Crippen MR) is 80.9 cm³/mol. The van der Waals surface area contributed by atoms with Gasteiger partial charge in [-0.25, -0.2) is 0 Å². The fourth-order valence-electron chi connectivity index (χ4n) is 2.12. The number of nitrogens with two attached hydrogens (primary N) is 1. The molecule has 2 nitrogen and oxygen atoms in total. The van der Waals surface area contributed by atoms with Gasteiger partial charge in [0, 0.05) is 34.6 Å². The van der Waals surface area contributed by atoms with E-state index in [0.717, 1.165) is 11.0 Å². The summed E-state index contributed by atoms with van der Waals surface area (Å²) in [5, 5.41) is 0. The lowest BCUT2D eigenvalue weighted by Gasteiger charge is -2.35. The molecule has 1 fully saturated rings. The molecule has 1 aromatic carbocycles. The van der Waals surface area contributed by atoms with Crippen molar-refractivity contribution in [2.24, 2.45) is 5.73 Å². The van der Waals surface area contributed by atoms with E-state index in [2.05, 4.69) is 46.0 Å². The number of hydrogen-bond acceptors (Lipinski definition) is 3. The van der Waals surface area contributed by atoms with Crippen LogP contribution in [0.3, 0.4) is 0 Å². The van der Waals surface area contributed by atoms with Gasteiger partial charge in [0.05, 0.1) is 5.69 Å². The van der Waals surface area contributed by atoms with Crippen molar-refractivity contribution in [3.63, 3.8) is 0 Å². The Morgan fingerprint density at radius 2 is 2.29 bits per heavy atom. The molecule has 0 aliphatic carbocycles. The number of halogens is 1. The standard InChI is InChI=1S/C13H19BrN2S/c1-9-8-17-6-5-16(9)13-4-3-11(10(2)15)7-12(13)14/h3-4,7,9-10H,5-6,8,15H2,1-2H3/t9?,10-/m1/s1. The first-order valence-electron chi connectivity index (χ1n) is 5.99. The summed E-state index contributed by atoms with van der Waals surface area (Å²) in [5.41, 5.74) is 8.37. The highest BCUT2D eigenvalue weighted by atomic mass is 79.9. The van der Waals surface area contributed by atoms with Crippen molar-refractivity contribution in [2.45, 2.75) is 25.9 Å². The Bertz CT molecular complexity index is 395. The Morgan fingerprint density at radius 3 is 2.88 bits per heavy atom. The maximum absolute atomic E-state index is 5.90. The number of nitrogens with zero attached hydrogens (tertiary/aromatic N) is 1. The molecular weight excluding hydrogens is 296 g/mol. The van der Waals surface area contributed by atoms with E-state index in [0.29, 0.717) is 6.04 Å². The van der Waals surface area contributed by atoms with Crippen LogP contribution in [0.4, 0.5) is 5.69 Å². The van der Waals surface area contributed by atoms with Gasteiger partial charge in [-0.3, -0.25) is 0 Å². The van der Waals surface area contributed by atoms with Crippen LogP contribution in [0.2, 0.25) is 0 Å². The average molecular weight is 315 g/mol. The third kappa shape index (κ3) is 2.98. The third-order valence-corrected chi connectivity index (χ3v) is 5.00. The van der Waals surface area contributed by atoms with Crippen molar-refractivity contribution in [1.29, 1.82) is 0 Å². The highest BCUT2D eigenvalue weighted by Gasteiger charge is 2.20. The van der Waals surface area contributed by atoms with Crippen LogP contribution >= 0.6 is 27.7 Å². The molecule has 0 bridgehead atoms. The van der Waals surface area contributed by atoms with E-state index in [1.165, 1.54) is 22.8 Å². The molecule has 1 aliphatic heterocycles. The molecule has 1 heterocycles. The Kier molecular flexibility index (Phi) is 4.39. The summed E-state index contributed by atoms with van der Waals surface area (Å²) in [5.74, 6) is 2.42. The molecule has 17 heavy (non-hydrogen) atoms. The summed E-state index contributed by atoms with van der Waals surface area (Å²) in [6, 6.07) is 7.17. The van der Waals surface area contributed by atoms with E-state index in [1.807, 2.05) is 18.7 Å². The second kappa shape index (κ2) is 5.63. The van der Waals surface area contributed by atoms with Gasteiger partial charge in [-0.2, -0.15) is 11.8 Å². The van der Waals surface area contributed by atoms with Gasteiger partial charge >= 0.3 is 0 Å². The molecule has 4 heteroatoms. The highest BCUT2D eigenvalue weighted by Crippen LogP contribution is 2.32. The molecule has 0 amide bonds. The van der Waals surface area contributed by atoms with E-state index in [4.69, 9.17) is 5.73 Å². The smallest absolute Gasteiger partial charge is 0.0513 e. The van der Waals surface area contributed by atoms with Gasteiger partial charge < -0.3 is 10.6 Å². The molecule has 1 aliphatic rings. The van der Waals surface area contributed by atoms with E-state index in [9.17, 15) is 0 Å². The second-order valence-electron chi connectivity index (χ2n) is 4.62. The molecule has 0 aromatic heterocycles. The Balaban J connectivity index is 2.26. The van der Waals surface area contributed by atoms with Gasteiger partial charge in [-0.05, 0) is 47.5 Å². The topological polar surface area (TPSA) is 29.3 Å². The van der Waals surface area contributed by atoms with Crippen molar-refractivity contribution < 1.29 is 0 Å². The number of thioether (sulfide) groups is 1. The van der Waals surface area contributed by atoms with Gasteiger partial charge in [-0.1, -0.05) is 6.07 Å². The minimum atomic E-state index is 0.0923. The van der Waals surface area contributed by atoms with Crippen LogP contribution in [0.25, 0.3) is 0 Å². The normalized spacial score (nSPS) is 22.6. The SMILES string of the molecule is CC1CSCCN1c1ccc([C@@H](C)N)cc1Br. The second-order valence-corrected chi connectivity index (χ2v) is 6.62. The fraction of sp³-hybridized carbons (Fsp3) is 0.538. The lowest BCUT2D eigenvalue weighted by Crippen LogP contribution is -2.40. The molecule has 0 spiro atoms. The van der Waals surface area contributed by atoms with Crippen LogP contribution in [-0.4, -0.2) is 24.1 Å². The van der Waals surface area contributed by atoms with Gasteiger partial charge in [-0.15, -0.1) is 0 Å². The van der Waals surface area contributed by atoms with Gasteiger partial charge in [0.2, 0.25) is 0 Å². The van der Waals surface area contributed by atoms with Crippen molar-refractivity contribution in [3.8, 4) is 0 Å². The first-order valence-corrected chi connectivity index (χ1v) is 7.94. The molecule has 1 unspecified atom stereocenters. The first-order chi connectivity index (χ1) is 8.09. The number of rotatable bonds is 2. The lowest BCUT2D eigenvalue weighted by molar-refractivity contribution is 0.698. The summed E-state index contributed by atoms with van der Waals surface area (Å²) >= 11 is 5.71. The molecule has 0 saturated carbocycles. The molecule has 2 N–H and O–H groups in total. The average Bonchev–Trinajstić information content (AvgIpc) is 2.30. The summed E-state index contributed by atoms with van der Waals surface area (Å²) < 4.78 is 1.16. The van der Waals surface area contributed by atoms with Gasteiger partial charge in [0.1, 0.15) is 0 Å². The van der Waals surface area contributed by atoms with Crippen LogP contribution in [-0.2, 0) is 0 Å². The summed E-state index contributed by atoms with van der Waals surface area (Å²) in [7, 11) is 0. The lowest BCUT2D eigenvalue weighted by atomic mass is 10.1. The molecule has 94 valence electrons. The van der Waals surface area contributed by atoms with Crippen molar-refractivity contribution in [2.75, 3.05) is 23.0 Å². The predicted octanol–water partition coefficient (Wildman–Crippen LogP) is 3.41. The summed E-state index contributed by atoms with van der Waals surface area (Å²) in [4.78, 5) is 2.48. The molecule has 0 radical (unpaired) electrons. The van der Waals surface area contributed by atoms with Gasteiger partial charge in [0.15, 0.2) is 0 Å². The first kappa shape index (κ1) is 13.2. The van der Waals surface area contributed by atoms with Crippen molar-refractivity contribution >= 4 is 33.4 Å². The third-order valence-electron chi connectivity index (χ3n) is 3.17. The van der Waals surface area contributed by atoms with Crippen molar-refractivity contribution in [3.05, 3.63) is 28.2 Å². The Hall–Kier alpha value is -0.190. The van der Waals surface area contributed by atoms with Gasteiger partial charge in [0.25, 0.3) is 0 Å². The minimum absolute atomic E-state index is 0.0923. The summed E-state index contributed by atoms with van der Waals surface area (Å²) in [6.45, 7) is 5.43.